The summed E-state index contributed by atoms with van der Waals surface area (Å²) < 4.78 is 0. The zero-order valence-corrected chi connectivity index (χ0v) is 5.00. The van der Waals surface area contributed by atoms with Crippen molar-refractivity contribution in [1.29, 1.82) is 0 Å². The van der Waals surface area contributed by atoms with Gasteiger partial charge in [0.1, 0.15) is 6.29 Å². The maximum atomic E-state index is 9.72. The Bertz CT molecular complexity index is 44.8. The zero-order valence-electron chi connectivity index (χ0n) is 3.85. The van der Waals surface area contributed by atoms with Crippen molar-refractivity contribution in [2.75, 3.05) is 6.16 Å². The Morgan fingerprint density at radius 1 is 2.00 bits per heavy atom. The fourth-order valence-electron chi connectivity index (χ4n) is 0.0556. The van der Waals surface area contributed by atoms with Gasteiger partial charge in [0.15, 0.2) is 0 Å². The largest absolute Gasteiger partial charge is 0.303 e. The minimum absolute atomic E-state index is 0.218. The summed E-state index contributed by atoms with van der Waals surface area (Å²) in [5.41, 5.74) is 0. The predicted molar refractivity (Wildman–Crippen MR) is 29.8 cm³/mol. The van der Waals surface area contributed by atoms with Crippen LogP contribution in [-0.2, 0) is 4.79 Å². The van der Waals surface area contributed by atoms with Crippen molar-refractivity contribution in [3.8, 4) is 0 Å². The number of rotatable bonds is 2. The highest BCUT2D eigenvalue weighted by molar-refractivity contribution is 7.16. The molecule has 0 radical (unpaired) electrons. The summed E-state index contributed by atoms with van der Waals surface area (Å²) in [6.07, 6.45) is 1.83. The molecule has 2 heteroatoms. The molecule has 0 saturated heterocycles. The first-order valence-electron chi connectivity index (χ1n) is 1.96. The second kappa shape index (κ2) is 3.30. The van der Waals surface area contributed by atoms with E-state index in [-0.39, 0.29) is 5.92 Å². The summed E-state index contributed by atoms with van der Waals surface area (Å²) in [4.78, 5) is 9.72. The van der Waals surface area contributed by atoms with E-state index in [1.54, 1.807) is 0 Å². The molecule has 36 valence electrons. The summed E-state index contributed by atoms with van der Waals surface area (Å²) in [7, 11) is 2.51. The maximum Gasteiger partial charge on any atom is 0.123 e. The molecule has 2 unspecified atom stereocenters. The highest BCUT2D eigenvalue weighted by Gasteiger charge is 1.89. The quantitative estimate of drug-likeness (QED) is 0.372. The molecule has 2 atom stereocenters. The normalized spacial score (nSPS) is 13.7. The van der Waals surface area contributed by atoms with Crippen molar-refractivity contribution in [1.82, 2.24) is 0 Å². The van der Waals surface area contributed by atoms with Crippen LogP contribution in [0.1, 0.15) is 6.92 Å². The van der Waals surface area contributed by atoms with Crippen LogP contribution in [0.25, 0.3) is 0 Å². The van der Waals surface area contributed by atoms with Gasteiger partial charge in [0.05, 0.1) is 0 Å². The van der Waals surface area contributed by atoms with Crippen molar-refractivity contribution in [2.24, 2.45) is 5.92 Å². The molecule has 1 nitrogen and oxygen atoms in total. The SMILES string of the molecule is CC(C=O)CP. The highest BCUT2D eigenvalue weighted by atomic mass is 31.0. The van der Waals surface area contributed by atoms with E-state index in [2.05, 4.69) is 9.24 Å². The lowest BCUT2D eigenvalue weighted by Crippen LogP contribution is -1.93. The van der Waals surface area contributed by atoms with Gasteiger partial charge in [-0.1, -0.05) is 6.92 Å². The van der Waals surface area contributed by atoms with Crippen LogP contribution in [0.3, 0.4) is 0 Å². The van der Waals surface area contributed by atoms with Crippen molar-refractivity contribution in [3.63, 3.8) is 0 Å². The van der Waals surface area contributed by atoms with Gasteiger partial charge in [-0.25, -0.2) is 0 Å². The third-order valence-electron chi connectivity index (χ3n) is 0.604. The number of hydrogen-bond acceptors (Lipinski definition) is 1. The van der Waals surface area contributed by atoms with Gasteiger partial charge in [-0.2, -0.15) is 0 Å². The van der Waals surface area contributed by atoms with Crippen molar-refractivity contribution >= 4 is 15.5 Å². The van der Waals surface area contributed by atoms with E-state index in [4.69, 9.17) is 0 Å². The second-order valence-electron chi connectivity index (χ2n) is 1.35. The molecule has 0 aromatic rings. The molecule has 0 spiro atoms. The Morgan fingerprint density at radius 3 is 2.50 bits per heavy atom. The van der Waals surface area contributed by atoms with Crippen LogP contribution in [0.5, 0.6) is 0 Å². The third-order valence-corrected chi connectivity index (χ3v) is 1.35. The molecule has 6 heavy (non-hydrogen) atoms. The molecular formula is C4H9OP. The number of carbonyl (C=O) groups excluding carboxylic acids is 1. The minimum atomic E-state index is 0.218. The van der Waals surface area contributed by atoms with E-state index >= 15 is 0 Å². The molecule has 0 aliphatic heterocycles. The average Bonchev–Trinajstić information content (AvgIpc) is 1.65. The standard InChI is InChI=1S/C4H9OP/c1-4(2-5)3-6/h2,4H,3,6H2,1H3. The molecular weight excluding hydrogens is 95.0 g/mol. The third kappa shape index (κ3) is 2.34. The van der Waals surface area contributed by atoms with Crippen LogP contribution >= 0.6 is 9.24 Å². The Hall–Kier alpha value is 0.100. The van der Waals surface area contributed by atoms with Gasteiger partial charge in [0.2, 0.25) is 0 Å². The molecule has 0 heterocycles. The van der Waals surface area contributed by atoms with Crippen LogP contribution in [0, 0.1) is 5.92 Å². The van der Waals surface area contributed by atoms with Gasteiger partial charge in [0.25, 0.3) is 0 Å². The first-order chi connectivity index (χ1) is 2.81. The molecule has 0 rings (SSSR count). The first-order valence-corrected chi connectivity index (χ1v) is 2.78. The highest BCUT2D eigenvalue weighted by Crippen LogP contribution is 1.92. The van der Waals surface area contributed by atoms with Gasteiger partial charge < -0.3 is 4.79 Å². The summed E-state index contributed by atoms with van der Waals surface area (Å²) in [6.45, 7) is 1.89. The number of hydrogen-bond donors (Lipinski definition) is 0. The fraction of sp³-hybridized carbons (Fsp3) is 0.750. The van der Waals surface area contributed by atoms with Gasteiger partial charge >= 0.3 is 0 Å². The molecule has 0 amide bonds. The Morgan fingerprint density at radius 2 is 2.50 bits per heavy atom. The van der Waals surface area contributed by atoms with Crippen LogP contribution in [0.15, 0.2) is 0 Å². The van der Waals surface area contributed by atoms with E-state index in [1.165, 1.54) is 0 Å². The molecule has 0 aliphatic carbocycles. The summed E-state index contributed by atoms with van der Waals surface area (Å²) in [5.74, 6) is 0.218. The minimum Gasteiger partial charge on any atom is -0.303 e. The van der Waals surface area contributed by atoms with Crippen LogP contribution in [-0.4, -0.2) is 12.4 Å². The van der Waals surface area contributed by atoms with Crippen LogP contribution in [0.4, 0.5) is 0 Å². The van der Waals surface area contributed by atoms with Gasteiger partial charge in [-0.15, -0.1) is 9.24 Å². The zero-order chi connectivity index (χ0) is 4.99. The molecule has 0 aliphatic rings. The Kier molecular flexibility index (Phi) is 3.35. The predicted octanol–water partition coefficient (Wildman–Crippen LogP) is 0.696. The van der Waals surface area contributed by atoms with E-state index in [0.717, 1.165) is 12.4 Å². The average molecular weight is 104 g/mol. The topological polar surface area (TPSA) is 17.1 Å². The number of aldehydes is 1. The molecule has 0 aromatic carbocycles. The fourth-order valence-corrected chi connectivity index (χ4v) is 0.167. The van der Waals surface area contributed by atoms with Crippen molar-refractivity contribution < 1.29 is 4.79 Å². The molecule has 0 N–H and O–H groups in total. The van der Waals surface area contributed by atoms with E-state index < -0.39 is 0 Å². The van der Waals surface area contributed by atoms with Crippen molar-refractivity contribution in [2.45, 2.75) is 6.92 Å². The molecule has 0 bridgehead atoms. The lowest BCUT2D eigenvalue weighted by molar-refractivity contribution is -0.110. The number of carbonyl (C=O) groups is 1. The molecule has 0 fully saturated rings. The smallest absolute Gasteiger partial charge is 0.123 e. The van der Waals surface area contributed by atoms with Gasteiger partial charge in [0, 0.05) is 5.92 Å². The summed E-state index contributed by atoms with van der Waals surface area (Å²) in [5, 5.41) is 0. The van der Waals surface area contributed by atoms with Gasteiger partial charge in [-0.3, -0.25) is 0 Å². The molecule has 0 aromatic heterocycles. The van der Waals surface area contributed by atoms with E-state index in [9.17, 15) is 4.79 Å². The second-order valence-corrected chi connectivity index (χ2v) is 1.82. The van der Waals surface area contributed by atoms with E-state index in [1.807, 2.05) is 6.92 Å². The lowest BCUT2D eigenvalue weighted by Gasteiger charge is -1.89. The van der Waals surface area contributed by atoms with Crippen molar-refractivity contribution in [3.05, 3.63) is 0 Å². The summed E-state index contributed by atoms with van der Waals surface area (Å²) in [6, 6.07) is 0. The van der Waals surface area contributed by atoms with Gasteiger partial charge in [-0.05, 0) is 6.16 Å². The van der Waals surface area contributed by atoms with Crippen LogP contribution < -0.4 is 0 Å². The Balaban J connectivity index is 2.96. The monoisotopic (exact) mass is 104 g/mol. The summed E-state index contributed by atoms with van der Waals surface area (Å²) >= 11 is 0. The van der Waals surface area contributed by atoms with E-state index in [0.29, 0.717) is 0 Å². The first kappa shape index (κ1) is 6.10. The molecule has 0 saturated carbocycles. The Labute approximate surface area is 40.3 Å². The maximum absolute atomic E-state index is 9.72. The van der Waals surface area contributed by atoms with Crippen LogP contribution in [0.2, 0.25) is 0 Å². The lowest BCUT2D eigenvalue weighted by atomic mass is 10.3.